The minimum Gasteiger partial charge on any atom is -0.508 e. The Labute approximate surface area is 301 Å². The van der Waals surface area contributed by atoms with Crippen molar-refractivity contribution in [1.29, 1.82) is 0 Å². The van der Waals surface area contributed by atoms with Gasteiger partial charge in [-0.2, -0.15) is 0 Å². The van der Waals surface area contributed by atoms with Gasteiger partial charge in [0.2, 0.25) is 47.3 Å². The number of amides is 8. The number of aromatic hydroxyl groups is 1. The summed E-state index contributed by atoms with van der Waals surface area (Å²) >= 11 is 1.04. The van der Waals surface area contributed by atoms with E-state index in [2.05, 4.69) is 47.5 Å². The molecule has 52 heavy (non-hydrogen) atoms. The van der Waals surface area contributed by atoms with Crippen molar-refractivity contribution >= 4 is 70.0 Å². The van der Waals surface area contributed by atoms with E-state index in [1.165, 1.54) is 58.2 Å². The molecule has 11 N–H and O–H groups in total. The highest BCUT2D eigenvalue weighted by Gasteiger charge is 2.28. The van der Waals surface area contributed by atoms with Crippen LogP contribution in [0.2, 0.25) is 0 Å². The Balaban J connectivity index is 1.93. The van der Waals surface area contributed by atoms with Crippen molar-refractivity contribution in [3.63, 3.8) is 0 Å². The normalized spacial score (nSPS) is 13.4. The van der Waals surface area contributed by atoms with Crippen LogP contribution in [0.3, 0.4) is 0 Å². The summed E-state index contributed by atoms with van der Waals surface area (Å²) in [5.41, 5.74) is 5.51. The number of nitrogens with zero attached hydrogens (tertiary/aromatic N) is 1. The fraction of sp³-hybridized carbons (Fsp3) is 0.419. The van der Waals surface area contributed by atoms with E-state index >= 15 is 0 Å². The van der Waals surface area contributed by atoms with Crippen LogP contribution in [-0.4, -0.2) is 113 Å². The molecule has 0 bridgehead atoms. The predicted octanol–water partition coefficient (Wildman–Crippen LogP) is -3.46. The van der Waals surface area contributed by atoms with E-state index in [-0.39, 0.29) is 18.7 Å². The quantitative estimate of drug-likeness (QED) is 0.0592. The molecule has 1 aromatic heterocycles. The number of nitrogens with one attached hydrogen (secondary N) is 8. The van der Waals surface area contributed by atoms with Crippen LogP contribution in [-0.2, 0) is 44.8 Å². The fourth-order valence-corrected chi connectivity index (χ4v) is 4.72. The Hall–Kier alpha value is -6.12. The van der Waals surface area contributed by atoms with Gasteiger partial charge in [-0.1, -0.05) is 23.5 Å². The number of primary amides is 1. The molecule has 0 aliphatic heterocycles. The first kappa shape index (κ1) is 42.0. The van der Waals surface area contributed by atoms with E-state index in [0.29, 0.717) is 21.9 Å². The standard InChI is InChI=1S/C31H42N10O10S/c1-15(26(47)33-11-23(32)44)37-24(45)12-34-30(51)22(9-19-5-7-20(43)8-6-19)41-29(50)18(4)40-28(49)17(3)39-27(48)16(2)38-25(46)13-36-31-35-10-21(14-42)52-31/h5-8,10,14-18,22,43H,9,11-13H2,1-4H3,(H2,32,44)(H,33,47)(H,34,51)(H,35,36)(H,37,45)(H,38,46)(H,39,48)(H,40,49)(H,41,50)/t15-,16-,17-,18-,22-/m0/s1. The largest absolute Gasteiger partial charge is 0.508 e. The summed E-state index contributed by atoms with van der Waals surface area (Å²) in [7, 11) is 0. The van der Waals surface area contributed by atoms with Gasteiger partial charge in [0, 0.05) is 6.42 Å². The lowest BCUT2D eigenvalue weighted by atomic mass is 10.0. The number of phenols is 1. The Bertz CT molecular complexity index is 1630. The molecule has 282 valence electrons. The lowest BCUT2D eigenvalue weighted by Gasteiger charge is -2.23. The molecular weight excluding hydrogens is 704 g/mol. The number of hydrogen-bond donors (Lipinski definition) is 10. The second-order valence-electron chi connectivity index (χ2n) is 11.4. The average Bonchev–Trinajstić information content (AvgIpc) is 3.57. The zero-order valence-electron chi connectivity index (χ0n) is 28.7. The highest BCUT2D eigenvalue weighted by molar-refractivity contribution is 7.17. The number of aldehydes is 1. The van der Waals surface area contributed by atoms with Gasteiger partial charge in [-0.05, 0) is 45.4 Å². The highest BCUT2D eigenvalue weighted by Crippen LogP contribution is 2.15. The maximum atomic E-state index is 13.1. The Morgan fingerprint density at radius 2 is 1.21 bits per heavy atom. The van der Waals surface area contributed by atoms with Crippen molar-refractivity contribution in [3.8, 4) is 5.75 Å². The van der Waals surface area contributed by atoms with Crippen LogP contribution < -0.4 is 48.3 Å². The first-order chi connectivity index (χ1) is 24.5. The smallest absolute Gasteiger partial charge is 0.243 e. The fourth-order valence-electron chi connectivity index (χ4n) is 4.09. The third-order valence-electron chi connectivity index (χ3n) is 6.95. The Morgan fingerprint density at radius 1 is 0.712 bits per heavy atom. The number of carbonyl (C=O) groups excluding carboxylic acids is 9. The molecule has 20 nitrogen and oxygen atoms in total. The first-order valence-corrected chi connectivity index (χ1v) is 16.6. The Morgan fingerprint density at radius 3 is 1.75 bits per heavy atom. The zero-order valence-corrected chi connectivity index (χ0v) is 29.6. The van der Waals surface area contributed by atoms with Gasteiger partial charge in [0.25, 0.3) is 0 Å². The van der Waals surface area contributed by atoms with Gasteiger partial charge >= 0.3 is 0 Å². The molecule has 0 aliphatic rings. The summed E-state index contributed by atoms with van der Waals surface area (Å²) in [5.74, 6) is -5.83. The van der Waals surface area contributed by atoms with Crippen LogP contribution >= 0.6 is 11.3 Å². The molecule has 21 heteroatoms. The van der Waals surface area contributed by atoms with Crippen LogP contribution in [0.1, 0.15) is 42.9 Å². The van der Waals surface area contributed by atoms with Gasteiger partial charge in [-0.15, -0.1) is 0 Å². The number of aromatic nitrogens is 1. The average molecular weight is 747 g/mol. The van der Waals surface area contributed by atoms with E-state index in [9.17, 15) is 48.3 Å². The van der Waals surface area contributed by atoms with Crippen molar-refractivity contribution in [2.24, 2.45) is 5.73 Å². The number of benzene rings is 1. The third-order valence-corrected chi connectivity index (χ3v) is 7.84. The Kier molecular flexibility index (Phi) is 16.6. The van der Waals surface area contributed by atoms with Gasteiger partial charge in [-0.25, -0.2) is 4.98 Å². The monoisotopic (exact) mass is 746 g/mol. The van der Waals surface area contributed by atoms with E-state index < -0.39 is 90.6 Å². The number of phenolic OH excluding ortho intramolecular Hbond substituents is 1. The van der Waals surface area contributed by atoms with Gasteiger partial charge in [0.1, 0.15) is 36.0 Å². The maximum Gasteiger partial charge on any atom is 0.243 e. The number of nitrogens with two attached hydrogens (primary N) is 1. The molecule has 0 aliphatic carbocycles. The molecule has 2 rings (SSSR count). The molecule has 0 unspecified atom stereocenters. The van der Waals surface area contributed by atoms with E-state index in [0.717, 1.165) is 11.3 Å². The zero-order chi connectivity index (χ0) is 39.0. The summed E-state index contributed by atoms with van der Waals surface area (Å²) in [4.78, 5) is 114. The molecule has 0 saturated carbocycles. The third kappa shape index (κ3) is 14.8. The van der Waals surface area contributed by atoms with Crippen LogP contribution in [0.5, 0.6) is 5.75 Å². The van der Waals surface area contributed by atoms with Crippen LogP contribution in [0.25, 0.3) is 0 Å². The number of anilines is 1. The second kappa shape index (κ2) is 20.5. The molecule has 1 aromatic carbocycles. The van der Waals surface area contributed by atoms with Crippen LogP contribution in [0.15, 0.2) is 30.5 Å². The lowest BCUT2D eigenvalue weighted by Crippen LogP contribution is -2.57. The maximum absolute atomic E-state index is 13.1. The van der Waals surface area contributed by atoms with E-state index in [1.807, 2.05) is 0 Å². The van der Waals surface area contributed by atoms with Crippen molar-refractivity contribution in [1.82, 2.24) is 42.2 Å². The summed E-state index contributed by atoms with van der Waals surface area (Å²) < 4.78 is 0. The molecule has 1 heterocycles. The molecule has 0 fully saturated rings. The number of carbonyl (C=O) groups is 9. The molecular formula is C31H42N10O10S. The number of rotatable bonds is 20. The topological polar surface area (TPSA) is 309 Å². The molecule has 2 aromatic rings. The minimum atomic E-state index is -1.26. The minimum absolute atomic E-state index is 0.0347. The van der Waals surface area contributed by atoms with Gasteiger partial charge in [0.05, 0.1) is 30.7 Å². The number of thiazole rings is 1. The summed E-state index contributed by atoms with van der Waals surface area (Å²) in [6, 6.07) is 0.0511. The molecule has 5 atom stereocenters. The molecule has 8 amide bonds. The van der Waals surface area contributed by atoms with Crippen molar-refractivity contribution in [3.05, 3.63) is 40.9 Å². The molecule has 0 spiro atoms. The summed E-state index contributed by atoms with van der Waals surface area (Å²) in [6.45, 7) is 4.20. The predicted molar refractivity (Wildman–Crippen MR) is 185 cm³/mol. The van der Waals surface area contributed by atoms with Crippen molar-refractivity contribution in [2.45, 2.75) is 64.3 Å². The lowest BCUT2D eigenvalue weighted by molar-refractivity contribution is -0.134. The SMILES string of the molecule is C[C@H](NC(=O)CNC(=O)[C@H](Cc1ccc(O)cc1)NC(=O)[C@H](C)NC(=O)[C@H](C)NC(=O)[C@H](C)NC(=O)CNc1ncc(C=O)s1)C(=O)NCC(N)=O. The molecule has 0 saturated heterocycles. The van der Waals surface area contributed by atoms with Crippen molar-refractivity contribution < 1.29 is 48.3 Å². The van der Waals surface area contributed by atoms with E-state index in [1.54, 1.807) is 0 Å². The van der Waals surface area contributed by atoms with Crippen LogP contribution in [0.4, 0.5) is 5.13 Å². The second-order valence-corrected chi connectivity index (χ2v) is 12.5. The van der Waals surface area contributed by atoms with Crippen LogP contribution in [0, 0.1) is 0 Å². The first-order valence-electron chi connectivity index (χ1n) is 15.7. The molecule has 0 radical (unpaired) electrons. The van der Waals surface area contributed by atoms with E-state index in [4.69, 9.17) is 5.73 Å². The summed E-state index contributed by atoms with van der Waals surface area (Å²) in [6.07, 6.45) is 1.88. The van der Waals surface area contributed by atoms with Gasteiger partial charge in [0.15, 0.2) is 11.4 Å². The van der Waals surface area contributed by atoms with Gasteiger partial charge in [-0.3, -0.25) is 43.2 Å². The number of hydrogen-bond acceptors (Lipinski definition) is 13. The highest BCUT2D eigenvalue weighted by atomic mass is 32.1. The van der Waals surface area contributed by atoms with Crippen molar-refractivity contribution in [2.75, 3.05) is 25.0 Å². The van der Waals surface area contributed by atoms with Gasteiger partial charge < -0.3 is 53.4 Å². The summed E-state index contributed by atoms with van der Waals surface area (Å²) in [5, 5.41) is 29.5.